The minimum atomic E-state index is -0.308. The highest BCUT2D eigenvalue weighted by molar-refractivity contribution is 5.71. The molecule has 8 heteroatoms. The number of nitrogens with one attached hydrogen (secondary N) is 4. The number of aliphatic hydroxyl groups excluding tert-OH is 2. The zero-order chi connectivity index (χ0) is 23.1. The fraction of sp³-hybridized carbons (Fsp3) is 0.308. The maximum absolute atomic E-state index is 9.74. The molecule has 4 atom stereocenters. The number of H-pyrrole nitrogens is 2. The molecule has 0 radical (unpaired) electrons. The third-order valence-electron chi connectivity index (χ3n) is 6.79. The topological polar surface area (TPSA) is 122 Å². The predicted octanol–water partition coefficient (Wildman–Crippen LogP) is 2.92. The van der Waals surface area contributed by atoms with Gasteiger partial charge in [0.05, 0.1) is 48.1 Å². The maximum Gasteiger partial charge on any atom is 0.123 e. The van der Waals surface area contributed by atoms with Crippen molar-refractivity contribution in [2.45, 2.75) is 37.1 Å². The molecule has 6 rings (SSSR count). The van der Waals surface area contributed by atoms with Crippen molar-refractivity contribution in [3.05, 3.63) is 72.6 Å². The van der Waals surface area contributed by atoms with Gasteiger partial charge < -0.3 is 30.8 Å². The van der Waals surface area contributed by atoms with Gasteiger partial charge in [-0.25, -0.2) is 9.97 Å². The zero-order valence-corrected chi connectivity index (χ0v) is 18.7. The quantitative estimate of drug-likeness (QED) is 0.275. The smallest absolute Gasteiger partial charge is 0.123 e. The average Bonchev–Trinajstić information content (AvgIpc) is 3.66. The molecule has 34 heavy (non-hydrogen) atoms. The lowest BCUT2D eigenvalue weighted by Gasteiger charge is -2.07. The number of aromatic amines is 2. The number of nitrogens with zero attached hydrogens (tertiary/aromatic N) is 2. The molecule has 1 unspecified atom stereocenters. The van der Waals surface area contributed by atoms with Gasteiger partial charge in [0.15, 0.2) is 0 Å². The van der Waals surface area contributed by atoms with Crippen molar-refractivity contribution in [3.8, 4) is 33.6 Å². The first-order valence-electron chi connectivity index (χ1n) is 11.8. The first-order chi connectivity index (χ1) is 16.6. The molecule has 0 amide bonds. The van der Waals surface area contributed by atoms with Gasteiger partial charge >= 0.3 is 0 Å². The van der Waals surface area contributed by atoms with Crippen LogP contribution in [0.3, 0.4) is 0 Å². The molecule has 8 nitrogen and oxygen atoms in total. The van der Waals surface area contributed by atoms with Crippen molar-refractivity contribution < 1.29 is 10.2 Å². The Kier molecular flexibility index (Phi) is 5.50. The number of β-amino-alcohol motifs (C(OH)–C–C–N with tert-alkyl or cyclic N) is 2. The third kappa shape index (κ3) is 4.17. The van der Waals surface area contributed by atoms with Crippen LogP contribution in [0.4, 0.5) is 0 Å². The lowest BCUT2D eigenvalue weighted by Crippen LogP contribution is -2.15. The van der Waals surface area contributed by atoms with Crippen LogP contribution in [0.1, 0.15) is 36.6 Å². The Balaban J connectivity index is 1.15. The van der Waals surface area contributed by atoms with Crippen LogP contribution in [0, 0.1) is 0 Å². The van der Waals surface area contributed by atoms with Crippen LogP contribution in [0.15, 0.2) is 60.9 Å². The highest BCUT2D eigenvalue weighted by atomic mass is 16.3. The SMILES string of the molecule is OC1CN[C@H](c2ncc(-c3ccc(-c4ccc(-c5cnc([C@@H]6C[C@@H](O)CN6)[nH]5)cc4)cc3)[nH]2)C1. The molecular weight excluding hydrogens is 428 g/mol. The summed E-state index contributed by atoms with van der Waals surface area (Å²) in [6.07, 6.45) is 4.46. The summed E-state index contributed by atoms with van der Waals surface area (Å²) in [6.45, 7) is 1.22. The molecule has 0 saturated carbocycles. The Morgan fingerprint density at radius 2 is 0.971 bits per heavy atom. The molecule has 0 aliphatic carbocycles. The molecule has 2 aliphatic rings. The van der Waals surface area contributed by atoms with Gasteiger partial charge in [0.1, 0.15) is 11.6 Å². The summed E-state index contributed by atoms with van der Waals surface area (Å²) >= 11 is 0. The van der Waals surface area contributed by atoms with Gasteiger partial charge in [0.25, 0.3) is 0 Å². The number of aliphatic hydroxyl groups is 2. The summed E-state index contributed by atoms with van der Waals surface area (Å²) < 4.78 is 0. The second-order valence-corrected chi connectivity index (χ2v) is 9.22. The Morgan fingerprint density at radius 1 is 0.588 bits per heavy atom. The van der Waals surface area contributed by atoms with Gasteiger partial charge in [-0.15, -0.1) is 0 Å². The summed E-state index contributed by atoms with van der Waals surface area (Å²) in [4.78, 5) is 15.8. The van der Waals surface area contributed by atoms with E-state index in [0.29, 0.717) is 25.9 Å². The molecule has 174 valence electrons. The number of hydrogen-bond donors (Lipinski definition) is 6. The van der Waals surface area contributed by atoms with E-state index in [1.54, 1.807) is 0 Å². The van der Waals surface area contributed by atoms with E-state index in [0.717, 1.165) is 45.3 Å². The second kappa shape index (κ2) is 8.81. The van der Waals surface area contributed by atoms with E-state index in [4.69, 9.17) is 0 Å². The number of rotatable bonds is 5. The van der Waals surface area contributed by atoms with Crippen LogP contribution in [-0.4, -0.2) is 55.4 Å². The summed E-state index contributed by atoms with van der Waals surface area (Å²) in [5.74, 6) is 1.74. The molecule has 4 aromatic rings. The highest BCUT2D eigenvalue weighted by Crippen LogP contribution is 2.29. The summed E-state index contributed by atoms with van der Waals surface area (Å²) in [7, 11) is 0. The predicted molar refractivity (Wildman–Crippen MR) is 130 cm³/mol. The normalized spacial score (nSPS) is 24.6. The van der Waals surface area contributed by atoms with Crippen molar-refractivity contribution in [3.63, 3.8) is 0 Å². The van der Waals surface area contributed by atoms with Gasteiger partial charge in [0, 0.05) is 13.1 Å². The third-order valence-corrected chi connectivity index (χ3v) is 6.79. The van der Waals surface area contributed by atoms with E-state index < -0.39 is 0 Å². The minimum Gasteiger partial charge on any atom is -0.392 e. The Bertz CT molecular complexity index is 1160. The molecule has 2 aliphatic heterocycles. The van der Waals surface area contributed by atoms with Gasteiger partial charge in [-0.2, -0.15) is 0 Å². The monoisotopic (exact) mass is 456 g/mol. The number of aromatic nitrogens is 4. The zero-order valence-electron chi connectivity index (χ0n) is 18.7. The van der Waals surface area contributed by atoms with Crippen LogP contribution < -0.4 is 10.6 Å². The van der Waals surface area contributed by atoms with Gasteiger partial charge in [-0.3, -0.25) is 0 Å². The van der Waals surface area contributed by atoms with Gasteiger partial charge in [0.2, 0.25) is 0 Å². The molecule has 2 aromatic carbocycles. The van der Waals surface area contributed by atoms with Crippen molar-refractivity contribution in [2.24, 2.45) is 0 Å². The average molecular weight is 457 g/mol. The molecule has 0 spiro atoms. The molecule has 2 fully saturated rings. The molecule has 6 N–H and O–H groups in total. The van der Waals surface area contributed by atoms with E-state index in [1.165, 1.54) is 0 Å². The fourth-order valence-corrected chi connectivity index (χ4v) is 4.86. The van der Waals surface area contributed by atoms with Crippen molar-refractivity contribution >= 4 is 0 Å². The van der Waals surface area contributed by atoms with Crippen molar-refractivity contribution in [1.29, 1.82) is 0 Å². The molecule has 0 bridgehead atoms. The summed E-state index contributed by atoms with van der Waals surface area (Å²) in [6, 6.07) is 17.0. The van der Waals surface area contributed by atoms with Crippen LogP contribution in [0.2, 0.25) is 0 Å². The van der Waals surface area contributed by atoms with Crippen LogP contribution in [0.5, 0.6) is 0 Å². The standard InChI is InChI=1S/C26H28N6O2/c33-19-9-21(27-11-19)25-29-13-23(31-25)17-5-1-15(2-6-17)16-3-7-18(8-4-16)24-14-30-26(32-24)22-10-20(34)12-28-22/h1-8,13-14,19-22,27-28,33-34H,9-12H2,(H,29,31)(H,30,32)/t19-,20?,21+,22+/m1/s1. The van der Waals surface area contributed by atoms with E-state index in [-0.39, 0.29) is 24.3 Å². The van der Waals surface area contributed by atoms with Crippen LogP contribution in [-0.2, 0) is 0 Å². The van der Waals surface area contributed by atoms with E-state index in [1.807, 2.05) is 12.4 Å². The van der Waals surface area contributed by atoms with Gasteiger partial charge in [-0.1, -0.05) is 48.5 Å². The first kappa shape index (κ1) is 21.2. The lowest BCUT2D eigenvalue weighted by molar-refractivity contribution is 0.192. The van der Waals surface area contributed by atoms with E-state index >= 15 is 0 Å². The Morgan fingerprint density at radius 3 is 1.32 bits per heavy atom. The molecule has 4 heterocycles. The first-order valence-corrected chi connectivity index (χ1v) is 11.8. The highest BCUT2D eigenvalue weighted by Gasteiger charge is 2.26. The van der Waals surface area contributed by atoms with Crippen molar-refractivity contribution in [1.82, 2.24) is 30.6 Å². The number of imidazole rings is 2. The summed E-state index contributed by atoms with van der Waals surface area (Å²) in [5.41, 5.74) is 6.38. The largest absolute Gasteiger partial charge is 0.392 e. The molecule has 2 aromatic heterocycles. The Hall–Kier alpha value is -3.30. The maximum atomic E-state index is 9.74. The fourth-order valence-electron chi connectivity index (χ4n) is 4.86. The Labute approximate surface area is 197 Å². The molecular formula is C26H28N6O2. The van der Waals surface area contributed by atoms with Gasteiger partial charge in [-0.05, 0) is 35.1 Å². The number of benzene rings is 2. The second-order valence-electron chi connectivity index (χ2n) is 9.22. The molecule has 2 saturated heterocycles. The van der Waals surface area contributed by atoms with Crippen LogP contribution in [0.25, 0.3) is 33.6 Å². The van der Waals surface area contributed by atoms with E-state index in [9.17, 15) is 10.2 Å². The van der Waals surface area contributed by atoms with Crippen molar-refractivity contribution in [2.75, 3.05) is 13.1 Å². The summed E-state index contributed by atoms with van der Waals surface area (Å²) in [5, 5.41) is 26.1. The van der Waals surface area contributed by atoms with E-state index in [2.05, 4.69) is 79.1 Å². The lowest BCUT2D eigenvalue weighted by atomic mass is 10.0. The minimum absolute atomic E-state index is 0.0773. The van der Waals surface area contributed by atoms with Crippen LogP contribution >= 0.6 is 0 Å². The number of hydrogen-bond acceptors (Lipinski definition) is 6.